The average Bonchev–Trinajstić information content (AvgIpc) is 2.72. The maximum atomic E-state index is 13.6. The second kappa shape index (κ2) is 11.1. The van der Waals surface area contributed by atoms with Crippen molar-refractivity contribution in [1.82, 2.24) is 15.9 Å². The molecule has 35 heavy (non-hydrogen) atoms. The van der Waals surface area contributed by atoms with E-state index < -0.39 is 55.2 Å². The Balaban J connectivity index is 2.22. The Hall–Kier alpha value is -3.12. The zero-order chi connectivity index (χ0) is 26.6. The standard InChI is InChI=1S/C18H19F6N3O8/c1-3-9-4-11(35-18(22,23)24)5-10-6-12(15(17(19,20)21)34-14(9)10)16(30)32-8-33-25-27(31)26(2)7-13(28)29/h4-6,15,25,31H,3,7-8H2,1-2H3,(H,28,29)/t15-/m0/s1. The first-order valence-corrected chi connectivity index (χ1v) is 9.46. The van der Waals surface area contributed by atoms with Gasteiger partial charge in [-0.15, -0.1) is 13.2 Å². The minimum Gasteiger partial charge on any atom is -0.480 e. The van der Waals surface area contributed by atoms with Gasteiger partial charge in [0.15, 0.2) is 0 Å². The van der Waals surface area contributed by atoms with Gasteiger partial charge in [-0.1, -0.05) is 12.5 Å². The summed E-state index contributed by atoms with van der Waals surface area (Å²) < 4.78 is 91.9. The highest BCUT2D eigenvalue weighted by molar-refractivity contribution is 5.96. The number of aryl methyl sites for hydroxylation is 1. The molecule has 0 radical (unpaired) electrons. The van der Waals surface area contributed by atoms with Gasteiger partial charge in [-0.2, -0.15) is 18.2 Å². The predicted molar refractivity (Wildman–Crippen MR) is 100 cm³/mol. The number of hydrogen-bond acceptors (Lipinski definition) is 10. The van der Waals surface area contributed by atoms with Gasteiger partial charge in [-0.05, 0) is 35.5 Å². The number of hydrogen-bond donors (Lipinski definition) is 3. The number of likely N-dealkylation sites (N-methyl/N-ethyl adjacent to an activating group) is 1. The van der Waals surface area contributed by atoms with E-state index in [9.17, 15) is 41.1 Å². The zero-order valence-electron chi connectivity index (χ0n) is 17.9. The molecule has 0 amide bonds. The lowest BCUT2D eigenvalue weighted by molar-refractivity contribution is -0.346. The van der Waals surface area contributed by atoms with E-state index in [2.05, 4.69) is 14.3 Å². The SMILES string of the molecule is CCc1cc(OC(F)(F)F)cc2c1O[C@H](C(F)(F)F)C(C(=O)OCONN(O)N(C)CC(=O)O)=C2. The summed E-state index contributed by atoms with van der Waals surface area (Å²) in [6.07, 6.45) is -12.3. The van der Waals surface area contributed by atoms with Gasteiger partial charge in [0.05, 0.1) is 5.57 Å². The van der Waals surface area contributed by atoms with Gasteiger partial charge in [0.25, 0.3) is 0 Å². The molecule has 1 aliphatic rings. The van der Waals surface area contributed by atoms with Crippen molar-refractivity contribution in [1.29, 1.82) is 0 Å². The number of alkyl halides is 6. The number of carbonyl (C=O) groups excluding carboxylic acids is 1. The van der Waals surface area contributed by atoms with Crippen LogP contribution >= 0.6 is 0 Å². The minimum absolute atomic E-state index is 0.0108. The number of fused-ring (bicyclic) bond motifs is 1. The van der Waals surface area contributed by atoms with Crippen LogP contribution in [0.25, 0.3) is 6.08 Å². The fraction of sp³-hybridized carbons (Fsp3) is 0.444. The Kier molecular flexibility index (Phi) is 8.90. The lowest BCUT2D eigenvalue weighted by Crippen LogP contribution is -2.49. The molecule has 0 fully saturated rings. The first-order chi connectivity index (χ1) is 16.1. The molecule has 3 N–H and O–H groups in total. The van der Waals surface area contributed by atoms with Gasteiger partial charge >= 0.3 is 24.5 Å². The summed E-state index contributed by atoms with van der Waals surface area (Å²) in [4.78, 5) is 27.4. The van der Waals surface area contributed by atoms with Crippen LogP contribution < -0.4 is 15.1 Å². The third-order valence-corrected chi connectivity index (χ3v) is 4.23. The number of aliphatic carboxylic acids is 1. The van der Waals surface area contributed by atoms with Gasteiger partial charge in [-0.3, -0.25) is 10.0 Å². The van der Waals surface area contributed by atoms with Crippen LogP contribution in [0, 0.1) is 0 Å². The molecule has 0 saturated heterocycles. The number of nitrogens with zero attached hydrogens (tertiary/aromatic N) is 2. The second-order valence-electron chi connectivity index (χ2n) is 6.83. The van der Waals surface area contributed by atoms with Crippen LogP contribution in [0.15, 0.2) is 17.7 Å². The lowest BCUT2D eigenvalue weighted by atomic mass is 9.97. The number of carboxylic acids is 1. The molecule has 2 rings (SSSR count). The summed E-state index contributed by atoms with van der Waals surface area (Å²) in [7, 11) is 1.12. The van der Waals surface area contributed by atoms with Gasteiger partial charge < -0.3 is 19.3 Å². The van der Waals surface area contributed by atoms with Crippen molar-refractivity contribution in [3.05, 3.63) is 28.8 Å². The first-order valence-electron chi connectivity index (χ1n) is 9.46. The highest BCUT2D eigenvalue weighted by Crippen LogP contribution is 2.42. The van der Waals surface area contributed by atoms with E-state index >= 15 is 0 Å². The third-order valence-electron chi connectivity index (χ3n) is 4.23. The summed E-state index contributed by atoms with van der Waals surface area (Å²) in [5, 5.41) is 18.8. The average molecular weight is 519 g/mol. The molecule has 1 aromatic rings. The Labute approximate surface area is 192 Å². The van der Waals surface area contributed by atoms with E-state index in [1.807, 2.05) is 0 Å². The molecule has 0 aliphatic carbocycles. The van der Waals surface area contributed by atoms with E-state index in [0.29, 0.717) is 11.1 Å². The molecule has 1 aromatic carbocycles. The second-order valence-corrected chi connectivity index (χ2v) is 6.83. The topological polar surface area (TPSA) is 130 Å². The Bertz CT molecular complexity index is 969. The van der Waals surface area contributed by atoms with Gasteiger partial charge in [0.1, 0.15) is 18.0 Å². The number of nitrogens with one attached hydrogen (secondary N) is 1. The molecule has 0 bridgehead atoms. The van der Waals surface area contributed by atoms with E-state index in [4.69, 9.17) is 9.84 Å². The van der Waals surface area contributed by atoms with E-state index in [1.54, 1.807) is 5.59 Å². The van der Waals surface area contributed by atoms with Crippen LogP contribution in [0.1, 0.15) is 18.1 Å². The van der Waals surface area contributed by atoms with Gasteiger partial charge in [0, 0.05) is 12.6 Å². The molecule has 0 aromatic heterocycles. The van der Waals surface area contributed by atoms with Crippen LogP contribution in [-0.4, -0.2) is 71.6 Å². The third kappa shape index (κ3) is 7.96. The van der Waals surface area contributed by atoms with E-state index in [1.165, 1.54) is 6.92 Å². The highest BCUT2D eigenvalue weighted by atomic mass is 19.4. The summed E-state index contributed by atoms with van der Waals surface area (Å²) in [6.45, 7) is -0.276. The fourth-order valence-electron chi connectivity index (χ4n) is 2.81. The predicted octanol–water partition coefficient (Wildman–Crippen LogP) is 2.41. The first kappa shape index (κ1) is 28.1. The molecule has 196 valence electrons. The Morgan fingerprint density at radius 1 is 1.20 bits per heavy atom. The molecule has 17 heteroatoms. The number of benzene rings is 1. The molecule has 1 aliphatic heterocycles. The van der Waals surface area contributed by atoms with Crippen LogP contribution in [0.3, 0.4) is 0 Å². The smallest absolute Gasteiger partial charge is 0.480 e. The van der Waals surface area contributed by atoms with Crippen LogP contribution in [0.4, 0.5) is 26.3 Å². The summed E-state index contributed by atoms with van der Waals surface area (Å²) in [5.41, 5.74) is 0.319. The number of rotatable bonds is 10. The molecule has 1 atom stereocenters. The van der Waals surface area contributed by atoms with Gasteiger partial charge in [0.2, 0.25) is 12.9 Å². The van der Waals surface area contributed by atoms with Crippen molar-refractivity contribution in [3.63, 3.8) is 0 Å². The zero-order valence-corrected chi connectivity index (χ0v) is 17.9. The molecule has 1 heterocycles. The maximum Gasteiger partial charge on any atom is 0.573 e. The monoisotopic (exact) mass is 519 g/mol. The largest absolute Gasteiger partial charge is 0.573 e. The number of halogens is 6. The van der Waals surface area contributed by atoms with E-state index in [-0.39, 0.29) is 28.6 Å². The van der Waals surface area contributed by atoms with Crippen molar-refractivity contribution in [2.45, 2.75) is 32.0 Å². The quantitative estimate of drug-likeness (QED) is 0.139. The summed E-state index contributed by atoms with van der Waals surface area (Å²) in [5.74, 6) is -4.02. The van der Waals surface area contributed by atoms with Crippen LogP contribution in [-0.2, 0) is 25.6 Å². The molecule has 0 spiro atoms. The molecule has 0 saturated carbocycles. The Morgan fingerprint density at radius 3 is 2.40 bits per heavy atom. The number of hydrazine groups is 2. The number of esters is 1. The van der Waals surface area contributed by atoms with Crippen molar-refractivity contribution in [2.24, 2.45) is 0 Å². The maximum absolute atomic E-state index is 13.6. The lowest BCUT2D eigenvalue weighted by Gasteiger charge is -2.29. The minimum atomic E-state index is -5.10. The van der Waals surface area contributed by atoms with Crippen molar-refractivity contribution in [2.75, 3.05) is 20.4 Å². The number of carboxylic acid groups (broad SMARTS) is 1. The molecular formula is C18H19F6N3O8. The molecular weight excluding hydrogens is 500 g/mol. The van der Waals surface area contributed by atoms with Crippen molar-refractivity contribution in [3.8, 4) is 11.5 Å². The normalized spacial score (nSPS) is 16.0. The van der Waals surface area contributed by atoms with Crippen LogP contribution in [0.5, 0.6) is 11.5 Å². The van der Waals surface area contributed by atoms with Crippen molar-refractivity contribution < 1.29 is 65.3 Å². The Morgan fingerprint density at radius 2 is 1.86 bits per heavy atom. The molecule has 11 nitrogen and oxygen atoms in total. The number of ether oxygens (including phenoxy) is 3. The fourth-order valence-corrected chi connectivity index (χ4v) is 2.81. The van der Waals surface area contributed by atoms with Crippen LogP contribution in [0.2, 0.25) is 0 Å². The van der Waals surface area contributed by atoms with Gasteiger partial charge in [-0.25, -0.2) is 9.63 Å². The summed E-state index contributed by atoms with van der Waals surface area (Å²) >= 11 is 0. The highest BCUT2D eigenvalue weighted by Gasteiger charge is 2.49. The van der Waals surface area contributed by atoms with E-state index in [0.717, 1.165) is 19.2 Å². The molecule has 0 unspecified atom stereocenters. The van der Waals surface area contributed by atoms with Crippen molar-refractivity contribution >= 4 is 18.0 Å². The summed E-state index contributed by atoms with van der Waals surface area (Å²) in [6, 6.07) is 1.63. The number of carbonyl (C=O) groups is 2.